The number of amides is 1. The molecule has 0 atom stereocenters. The van der Waals surface area contributed by atoms with Gasteiger partial charge in [0, 0.05) is 24.1 Å². The molecule has 1 heterocycles. The highest BCUT2D eigenvalue weighted by molar-refractivity contribution is 6.02. The maximum Gasteiger partial charge on any atom is 0.271 e. The zero-order valence-corrected chi connectivity index (χ0v) is 13.8. The number of rotatable bonds is 4. The minimum absolute atomic E-state index is 0.0804. The topological polar surface area (TPSA) is 125 Å². The minimum Gasteiger partial charge on any atom is -0.506 e. The van der Waals surface area contributed by atoms with Gasteiger partial charge in [-0.1, -0.05) is 29.8 Å². The molecular weight excluding hydrogens is 338 g/mol. The Hall–Kier alpha value is -3.68. The summed E-state index contributed by atoms with van der Waals surface area (Å²) in [5.41, 5.74) is 0.519. The first-order valence-corrected chi connectivity index (χ1v) is 7.74. The SMILES string of the molecule is Cc1ccc(CNC(=O)c2c(O)c3ccc([N+](=O)[O-])cc3[nH]c2=O)cc1. The number of aromatic hydroxyl groups is 1. The van der Waals surface area contributed by atoms with Crippen LogP contribution in [0, 0.1) is 17.0 Å². The van der Waals surface area contributed by atoms with Crippen LogP contribution in [0.2, 0.25) is 0 Å². The van der Waals surface area contributed by atoms with Crippen molar-refractivity contribution in [3.8, 4) is 5.75 Å². The quantitative estimate of drug-likeness (QED) is 0.490. The molecule has 0 aliphatic rings. The molecule has 132 valence electrons. The van der Waals surface area contributed by atoms with Crippen molar-refractivity contribution in [1.29, 1.82) is 0 Å². The summed E-state index contributed by atoms with van der Waals surface area (Å²) in [4.78, 5) is 37.1. The number of hydrogen-bond acceptors (Lipinski definition) is 5. The molecule has 3 N–H and O–H groups in total. The highest BCUT2D eigenvalue weighted by Gasteiger charge is 2.20. The fourth-order valence-corrected chi connectivity index (χ4v) is 2.57. The number of benzene rings is 2. The smallest absolute Gasteiger partial charge is 0.271 e. The Morgan fingerprint density at radius 1 is 1.23 bits per heavy atom. The predicted molar refractivity (Wildman–Crippen MR) is 95.2 cm³/mol. The molecule has 0 fully saturated rings. The fourth-order valence-electron chi connectivity index (χ4n) is 2.57. The summed E-state index contributed by atoms with van der Waals surface area (Å²) in [7, 11) is 0. The van der Waals surface area contributed by atoms with Crippen molar-refractivity contribution < 1.29 is 14.8 Å². The van der Waals surface area contributed by atoms with Crippen LogP contribution in [-0.4, -0.2) is 20.9 Å². The number of carbonyl (C=O) groups is 1. The van der Waals surface area contributed by atoms with E-state index in [1.165, 1.54) is 12.1 Å². The van der Waals surface area contributed by atoms with E-state index in [-0.39, 0.29) is 23.1 Å². The number of H-pyrrole nitrogens is 1. The van der Waals surface area contributed by atoms with Crippen LogP contribution in [0.1, 0.15) is 21.5 Å². The molecule has 8 heteroatoms. The normalized spacial score (nSPS) is 10.7. The number of aryl methyl sites for hydroxylation is 1. The minimum atomic E-state index is -0.822. The third-order valence-electron chi connectivity index (χ3n) is 3.98. The second kappa shape index (κ2) is 6.67. The molecule has 0 bridgehead atoms. The lowest BCUT2D eigenvalue weighted by Gasteiger charge is -2.09. The second-order valence-corrected chi connectivity index (χ2v) is 5.83. The van der Waals surface area contributed by atoms with E-state index in [1.54, 1.807) is 0 Å². The van der Waals surface area contributed by atoms with E-state index in [2.05, 4.69) is 10.3 Å². The third-order valence-corrected chi connectivity index (χ3v) is 3.98. The van der Waals surface area contributed by atoms with Gasteiger partial charge in [-0.05, 0) is 18.6 Å². The lowest BCUT2D eigenvalue weighted by molar-refractivity contribution is -0.384. The average Bonchev–Trinajstić information content (AvgIpc) is 2.60. The maximum absolute atomic E-state index is 12.3. The Morgan fingerprint density at radius 3 is 2.58 bits per heavy atom. The Bertz CT molecular complexity index is 1070. The summed E-state index contributed by atoms with van der Waals surface area (Å²) < 4.78 is 0. The van der Waals surface area contributed by atoms with E-state index in [0.29, 0.717) is 0 Å². The number of aromatic nitrogens is 1. The molecule has 26 heavy (non-hydrogen) atoms. The van der Waals surface area contributed by atoms with Gasteiger partial charge in [0.25, 0.3) is 17.2 Å². The number of nitro groups is 1. The van der Waals surface area contributed by atoms with Crippen molar-refractivity contribution in [2.75, 3.05) is 0 Å². The lowest BCUT2D eigenvalue weighted by Crippen LogP contribution is -2.29. The number of nitrogens with zero attached hydrogens (tertiary/aromatic N) is 1. The summed E-state index contributed by atoms with van der Waals surface area (Å²) in [5, 5.41) is 23.9. The number of nitro benzene ring substituents is 1. The van der Waals surface area contributed by atoms with Crippen molar-refractivity contribution >= 4 is 22.5 Å². The van der Waals surface area contributed by atoms with Crippen LogP contribution in [0.4, 0.5) is 5.69 Å². The van der Waals surface area contributed by atoms with Crippen LogP contribution < -0.4 is 10.9 Å². The van der Waals surface area contributed by atoms with Crippen molar-refractivity contribution in [2.45, 2.75) is 13.5 Å². The van der Waals surface area contributed by atoms with E-state index in [1.807, 2.05) is 31.2 Å². The first-order chi connectivity index (χ1) is 12.4. The molecule has 0 radical (unpaired) electrons. The zero-order chi connectivity index (χ0) is 18.8. The van der Waals surface area contributed by atoms with Crippen molar-refractivity contribution in [2.24, 2.45) is 0 Å². The number of carbonyl (C=O) groups excluding carboxylic acids is 1. The molecule has 0 aliphatic heterocycles. The molecule has 0 unspecified atom stereocenters. The molecule has 8 nitrogen and oxygen atoms in total. The van der Waals surface area contributed by atoms with Gasteiger partial charge in [-0.15, -0.1) is 0 Å². The van der Waals surface area contributed by atoms with E-state index in [9.17, 15) is 24.8 Å². The van der Waals surface area contributed by atoms with Crippen LogP contribution in [-0.2, 0) is 6.54 Å². The van der Waals surface area contributed by atoms with Gasteiger partial charge in [0.05, 0.1) is 10.4 Å². The third kappa shape index (κ3) is 3.25. The Balaban J connectivity index is 1.92. The fraction of sp³-hybridized carbons (Fsp3) is 0.111. The number of pyridine rings is 1. The second-order valence-electron chi connectivity index (χ2n) is 5.83. The number of hydrogen-bond donors (Lipinski definition) is 3. The Kier molecular flexibility index (Phi) is 4.40. The molecule has 1 amide bonds. The lowest BCUT2D eigenvalue weighted by atomic mass is 10.1. The predicted octanol–water partition coefficient (Wildman–Crippen LogP) is 2.38. The zero-order valence-electron chi connectivity index (χ0n) is 13.8. The number of fused-ring (bicyclic) bond motifs is 1. The van der Waals surface area contributed by atoms with Crippen LogP contribution in [0.25, 0.3) is 10.9 Å². The summed E-state index contributed by atoms with van der Waals surface area (Å²) in [5.74, 6) is -1.25. The van der Waals surface area contributed by atoms with Gasteiger partial charge in [0.1, 0.15) is 11.3 Å². The number of nitrogens with one attached hydrogen (secondary N) is 2. The average molecular weight is 353 g/mol. The van der Waals surface area contributed by atoms with Crippen molar-refractivity contribution in [3.05, 3.63) is 79.6 Å². The first-order valence-electron chi connectivity index (χ1n) is 7.74. The van der Waals surface area contributed by atoms with Crippen molar-refractivity contribution in [1.82, 2.24) is 10.3 Å². The molecule has 3 aromatic rings. The highest BCUT2D eigenvalue weighted by Crippen LogP contribution is 2.27. The van der Waals surface area contributed by atoms with Crippen LogP contribution >= 0.6 is 0 Å². The largest absolute Gasteiger partial charge is 0.506 e. The van der Waals surface area contributed by atoms with Gasteiger partial charge >= 0.3 is 0 Å². The molecule has 1 aromatic heterocycles. The number of non-ortho nitro benzene ring substituents is 1. The van der Waals surface area contributed by atoms with Gasteiger partial charge < -0.3 is 15.4 Å². The van der Waals surface area contributed by atoms with Gasteiger partial charge in [-0.25, -0.2) is 0 Å². The monoisotopic (exact) mass is 353 g/mol. The van der Waals surface area contributed by atoms with E-state index in [4.69, 9.17) is 0 Å². The molecule has 2 aromatic carbocycles. The van der Waals surface area contributed by atoms with Crippen LogP contribution in [0.15, 0.2) is 47.3 Å². The maximum atomic E-state index is 12.3. The number of aromatic amines is 1. The molecule has 0 saturated carbocycles. The van der Waals surface area contributed by atoms with Gasteiger partial charge in [0.15, 0.2) is 0 Å². The van der Waals surface area contributed by atoms with Crippen LogP contribution in [0.3, 0.4) is 0 Å². The summed E-state index contributed by atoms with van der Waals surface area (Å²) in [6, 6.07) is 11.1. The highest BCUT2D eigenvalue weighted by atomic mass is 16.6. The molecule has 0 aliphatic carbocycles. The molecular formula is C18H15N3O5. The standard InChI is InChI=1S/C18H15N3O5/c1-10-2-4-11(5-3-10)9-19-17(23)15-16(22)13-7-6-12(21(25)26)8-14(13)20-18(15)24/h2-8H,9H2,1H3,(H,19,23)(H2,20,22,24). The summed E-state index contributed by atoms with van der Waals surface area (Å²) in [6.07, 6.45) is 0. The Morgan fingerprint density at radius 2 is 1.92 bits per heavy atom. The van der Waals surface area contributed by atoms with E-state index < -0.39 is 27.7 Å². The first kappa shape index (κ1) is 17.2. The van der Waals surface area contributed by atoms with Crippen molar-refractivity contribution in [3.63, 3.8) is 0 Å². The molecule has 0 saturated heterocycles. The van der Waals surface area contributed by atoms with E-state index >= 15 is 0 Å². The molecule has 0 spiro atoms. The van der Waals surface area contributed by atoms with E-state index in [0.717, 1.165) is 17.2 Å². The van der Waals surface area contributed by atoms with Gasteiger partial charge in [-0.2, -0.15) is 0 Å². The Labute approximate surface area is 147 Å². The molecule has 3 rings (SSSR count). The summed E-state index contributed by atoms with van der Waals surface area (Å²) >= 11 is 0. The van der Waals surface area contributed by atoms with Crippen LogP contribution in [0.5, 0.6) is 5.75 Å². The van der Waals surface area contributed by atoms with Gasteiger partial charge in [-0.3, -0.25) is 19.7 Å². The summed E-state index contributed by atoms with van der Waals surface area (Å²) in [6.45, 7) is 2.13. The van der Waals surface area contributed by atoms with Gasteiger partial charge in [0.2, 0.25) is 0 Å².